The van der Waals surface area contributed by atoms with E-state index in [0.717, 1.165) is 16.8 Å². The van der Waals surface area contributed by atoms with E-state index in [4.69, 9.17) is 10.6 Å². The SMILES string of the molecule is Cc1ccc(C#CON(C)C)cc1N. The van der Waals surface area contributed by atoms with E-state index in [1.165, 1.54) is 5.06 Å². The number of nitrogens with zero attached hydrogens (tertiary/aromatic N) is 1. The van der Waals surface area contributed by atoms with Gasteiger partial charge in [0.1, 0.15) is 6.11 Å². The standard InChI is InChI=1S/C11H14N2O/c1-9-4-5-10(8-11(9)12)6-7-14-13(2)3/h4-5,8H,12H2,1-3H3. The van der Waals surface area contributed by atoms with Crippen molar-refractivity contribution in [3.63, 3.8) is 0 Å². The number of hydrogen-bond acceptors (Lipinski definition) is 3. The van der Waals surface area contributed by atoms with E-state index in [9.17, 15) is 0 Å². The molecule has 1 aromatic rings. The summed E-state index contributed by atoms with van der Waals surface area (Å²) in [5.41, 5.74) is 8.40. The van der Waals surface area contributed by atoms with Crippen LogP contribution < -0.4 is 5.73 Å². The van der Waals surface area contributed by atoms with Crippen molar-refractivity contribution < 1.29 is 4.84 Å². The highest BCUT2D eigenvalue weighted by Gasteiger charge is 1.93. The Kier molecular flexibility index (Phi) is 3.38. The summed E-state index contributed by atoms with van der Waals surface area (Å²) in [4.78, 5) is 4.95. The predicted octanol–water partition coefficient (Wildman–Crippen LogP) is 1.38. The number of benzene rings is 1. The molecule has 0 radical (unpaired) electrons. The van der Waals surface area contributed by atoms with Gasteiger partial charge in [-0.15, -0.1) is 5.06 Å². The van der Waals surface area contributed by atoms with E-state index in [-0.39, 0.29) is 0 Å². The van der Waals surface area contributed by atoms with Gasteiger partial charge in [0.25, 0.3) is 0 Å². The number of hydrogen-bond donors (Lipinski definition) is 1. The second-order valence-corrected chi connectivity index (χ2v) is 3.20. The van der Waals surface area contributed by atoms with Crippen LogP contribution in [0.5, 0.6) is 0 Å². The minimum absolute atomic E-state index is 0.752. The summed E-state index contributed by atoms with van der Waals surface area (Å²) in [5, 5.41) is 1.53. The lowest BCUT2D eigenvalue weighted by Crippen LogP contribution is -2.07. The second kappa shape index (κ2) is 4.54. The Hall–Kier alpha value is -1.66. The monoisotopic (exact) mass is 190 g/mol. The molecule has 1 aromatic carbocycles. The van der Waals surface area contributed by atoms with E-state index in [1.807, 2.05) is 25.1 Å². The van der Waals surface area contributed by atoms with Gasteiger partial charge >= 0.3 is 0 Å². The fourth-order valence-corrected chi connectivity index (χ4v) is 0.891. The molecule has 14 heavy (non-hydrogen) atoms. The molecule has 0 atom stereocenters. The summed E-state index contributed by atoms with van der Waals surface area (Å²) >= 11 is 0. The van der Waals surface area contributed by atoms with E-state index >= 15 is 0 Å². The van der Waals surface area contributed by atoms with Gasteiger partial charge in [-0.05, 0) is 30.5 Å². The highest BCUT2D eigenvalue weighted by atomic mass is 16.7. The summed E-state index contributed by atoms with van der Waals surface area (Å²) in [6.07, 6.45) is 2.57. The molecule has 0 fully saturated rings. The Balaban J connectivity index is 2.76. The van der Waals surface area contributed by atoms with Crippen molar-refractivity contribution in [2.24, 2.45) is 0 Å². The Morgan fingerprint density at radius 3 is 2.64 bits per heavy atom. The summed E-state index contributed by atoms with van der Waals surface area (Å²) in [6.45, 7) is 1.96. The largest absolute Gasteiger partial charge is 0.398 e. The topological polar surface area (TPSA) is 38.5 Å². The molecule has 0 aromatic heterocycles. The van der Waals surface area contributed by atoms with Crippen molar-refractivity contribution in [2.45, 2.75) is 6.92 Å². The predicted molar refractivity (Wildman–Crippen MR) is 57.2 cm³/mol. The van der Waals surface area contributed by atoms with Crippen molar-refractivity contribution in [3.05, 3.63) is 29.3 Å². The van der Waals surface area contributed by atoms with Crippen LogP contribution in [0, 0.1) is 19.0 Å². The first-order valence-corrected chi connectivity index (χ1v) is 4.31. The molecule has 2 N–H and O–H groups in total. The van der Waals surface area contributed by atoms with Crippen molar-refractivity contribution in [3.8, 4) is 12.0 Å². The van der Waals surface area contributed by atoms with Crippen LogP contribution in [0.3, 0.4) is 0 Å². The van der Waals surface area contributed by atoms with Crippen molar-refractivity contribution in [1.29, 1.82) is 0 Å². The lowest BCUT2D eigenvalue weighted by molar-refractivity contribution is -0.0370. The third-order valence-corrected chi connectivity index (χ3v) is 1.70. The summed E-state index contributed by atoms with van der Waals surface area (Å²) in [6, 6.07) is 5.69. The molecule has 0 unspecified atom stereocenters. The molecule has 3 nitrogen and oxygen atoms in total. The van der Waals surface area contributed by atoms with Crippen LogP contribution in [0.15, 0.2) is 18.2 Å². The molecular formula is C11H14N2O. The van der Waals surface area contributed by atoms with Crippen LogP contribution in [0.1, 0.15) is 11.1 Å². The first kappa shape index (κ1) is 10.4. The van der Waals surface area contributed by atoms with Crippen LogP contribution in [0.4, 0.5) is 5.69 Å². The van der Waals surface area contributed by atoms with E-state index in [1.54, 1.807) is 14.1 Å². The molecular weight excluding hydrogens is 176 g/mol. The normalized spacial score (nSPS) is 9.43. The van der Waals surface area contributed by atoms with Gasteiger partial charge in [0.05, 0.1) is 0 Å². The van der Waals surface area contributed by atoms with Gasteiger partial charge in [-0.1, -0.05) is 6.07 Å². The molecule has 0 amide bonds. The average molecular weight is 190 g/mol. The number of nitrogens with two attached hydrogens (primary N) is 1. The Bertz CT molecular complexity index is 375. The van der Waals surface area contributed by atoms with E-state index < -0.39 is 0 Å². The van der Waals surface area contributed by atoms with Crippen LogP contribution in [-0.2, 0) is 4.84 Å². The minimum atomic E-state index is 0.752. The molecule has 1 rings (SSSR count). The van der Waals surface area contributed by atoms with Crippen LogP contribution in [0.25, 0.3) is 0 Å². The van der Waals surface area contributed by atoms with Gasteiger partial charge in [-0.25, -0.2) is 0 Å². The zero-order chi connectivity index (χ0) is 10.6. The maximum Gasteiger partial charge on any atom is 0.143 e. The number of anilines is 1. The minimum Gasteiger partial charge on any atom is -0.398 e. The Morgan fingerprint density at radius 1 is 1.36 bits per heavy atom. The third-order valence-electron chi connectivity index (χ3n) is 1.70. The highest BCUT2D eigenvalue weighted by Crippen LogP contribution is 2.11. The Labute approximate surface area is 84.4 Å². The average Bonchev–Trinajstić information content (AvgIpc) is 2.10. The van der Waals surface area contributed by atoms with Gasteiger partial charge in [-0.2, -0.15) is 0 Å². The molecule has 74 valence electrons. The lowest BCUT2D eigenvalue weighted by atomic mass is 10.1. The molecule has 0 aliphatic heterocycles. The number of nitrogen functional groups attached to an aromatic ring is 1. The van der Waals surface area contributed by atoms with E-state index in [0.29, 0.717) is 0 Å². The smallest absolute Gasteiger partial charge is 0.143 e. The van der Waals surface area contributed by atoms with E-state index in [2.05, 4.69) is 12.0 Å². The molecule has 0 bridgehead atoms. The summed E-state index contributed by atoms with van der Waals surface area (Å²) < 4.78 is 0. The lowest BCUT2D eigenvalue weighted by Gasteiger charge is -2.02. The molecule has 0 aliphatic carbocycles. The maximum absolute atomic E-state index is 5.73. The Morgan fingerprint density at radius 2 is 2.07 bits per heavy atom. The van der Waals surface area contributed by atoms with Gasteiger partial charge < -0.3 is 10.6 Å². The molecule has 0 aliphatic rings. The quantitative estimate of drug-likeness (QED) is 0.413. The summed E-state index contributed by atoms with van der Waals surface area (Å²) in [5.74, 6) is 2.85. The van der Waals surface area contributed by atoms with Crippen molar-refractivity contribution >= 4 is 5.69 Å². The van der Waals surface area contributed by atoms with Gasteiger partial charge in [0.15, 0.2) is 0 Å². The maximum atomic E-state index is 5.73. The number of hydroxylamine groups is 2. The number of rotatable bonds is 1. The zero-order valence-corrected chi connectivity index (χ0v) is 8.66. The van der Waals surface area contributed by atoms with Gasteiger partial charge in [-0.3, -0.25) is 0 Å². The molecule has 0 saturated carbocycles. The first-order valence-electron chi connectivity index (χ1n) is 4.31. The zero-order valence-electron chi connectivity index (χ0n) is 8.66. The van der Waals surface area contributed by atoms with Crippen molar-refractivity contribution in [2.75, 3.05) is 19.8 Å². The molecule has 0 heterocycles. The first-order chi connectivity index (χ1) is 6.59. The number of aryl methyl sites for hydroxylation is 1. The second-order valence-electron chi connectivity index (χ2n) is 3.20. The molecule has 3 heteroatoms. The van der Waals surface area contributed by atoms with Gasteiger partial charge in [0.2, 0.25) is 0 Å². The fraction of sp³-hybridized carbons (Fsp3) is 0.273. The van der Waals surface area contributed by atoms with Gasteiger partial charge in [0, 0.05) is 25.3 Å². The summed E-state index contributed by atoms with van der Waals surface area (Å²) in [7, 11) is 3.55. The fourth-order valence-electron chi connectivity index (χ4n) is 0.891. The van der Waals surface area contributed by atoms with Crippen LogP contribution >= 0.6 is 0 Å². The molecule has 0 saturated heterocycles. The highest BCUT2D eigenvalue weighted by molar-refractivity contribution is 5.52. The van der Waals surface area contributed by atoms with Crippen LogP contribution in [0.2, 0.25) is 0 Å². The van der Waals surface area contributed by atoms with Crippen molar-refractivity contribution in [1.82, 2.24) is 5.06 Å². The van der Waals surface area contributed by atoms with Crippen LogP contribution in [-0.4, -0.2) is 19.2 Å². The third kappa shape index (κ3) is 3.00. The molecule has 0 spiro atoms.